The topological polar surface area (TPSA) is 71.2 Å². The van der Waals surface area contributed by atoms with E-state index in [1.165, 1.54) is 18.3 Å². The van der Waals surface area contributed by atoms with Crippen molar-refractivity contribution in [1.82, 2.24) is 4.98 Å². The highest BCUT2D eigenvalue weighted by Crippen LogP contribution is 2.25. The fraction of sp³-hybridized carbons (Fsp3) is 0.294. The van der Waals surface area contributed by atoms with Crippen LogP contribution in [-0.2, 0) is 0 Å². The molecule has 2 heterocycles. The fourth-order valence-corrected chi connectivity index (χ4v) is 3.06. The van der Waals surface area contributed by atoms with Crippen LogP contribution in [0.2, 0.25) is 5.15 Å². The lowest BCUT2D eigenvalue weighted by Crippen LogP contribution is -2.39. The van der Waals surface area contributed by atoms with Crippen LogP contribution in [0.3, 0.4) is 0 Å². The molecule has 24 heavy (non-hydrogen) atoms. The van der Waals surface area contributed by atoms with Crippen molar-refractivity contribution in [3.8, 4) is 0 Å². The summed E-state index contributed by atoms with van der Waals surface area (Å²) in [5.74, 6) is -0.769. The summed E-state index contributed by atoms with van der Waals surface area (Å²) in [5, 5.41) is 3.65. The smallest absolute Gasteiger partial charge is 0.252 e. The highest BCUT2D eigenvalue weighted by atomic mass is 35.5. The van der Waals surface area contributed by atoms with Crippen LogP contribution in [0.15, 0.2) is 36.5 Å². The van der Waals surface area contributed by atoms with E-state index in [4.69, 9.17) is 17.3 Å². The van der Waals surface area contributed by atoms with E-state index in [0.29, 0.717) is 16.4 Å². The average molecular weight is 349 g/mol. The van der Waals surface area contributed by atoms with Crippen molar-refractivity contribution in [3.05, 3.63) is 53.1 Å². The number of piperidine rings is 1. The number of carbonyl (C=O) groups excluding carboxylic acids is 1. The van der Waals surface area contributed by atoms with Crippen LogP contribution in [0.1, 0.15) is 23.2 Å². The first-order valence-corrected chi connectivity index (χ1v) is 8.13. The number of anilines is 2. The molecule has 0 atom stereocenters. The number of pyridine rings is 1. The summed E-state index contributed by atoms with van der Waals surface area (Å²) in [7, 11) is 0. The van der Waals surface area contributed by atoms with E-state index in [-0.39, 0.29) is 11.9 Å². The summed E-state index contributed by atoms with van der Waals surface area (Å²) in [4.78, 5) is 17.6. The molecule has 1 aromatic heterocycles. The van der Waals surface area contributed by atoms with Crippen LogP contribution in [0, 0.1) is 5.82 Å². The van der Waals surface area contributed by atoms with Gasteiger partial charge < -0.3 is 16.0 Å². The molecule has 1 amide bonds. The molecule has 1 aromatic carbocycles. The predicted octanol–water partition coefficient (Wildman–Crippen LogP) is 3.05. The number of nitrogens with one attached hydrogen (secondary N) is 1. The maximum absolute atomic E-state index is 13.0. The quantitative estimate of drug-likeness (QED) is 0.833. The zero-order valence-corrected chi connectivity index (χ0v) is 13.8. The normalized spacial score (nSPS) is 15.3. The Morgan fingerprint density at radius 3 is 2.58 bits per heavy atom. The molecule has 0 aliphatic carbocycles. The number of hydrogen-bond acceptors (Lipinski definition) is 4. The molecule has 0 bridgehead atoms. The molecule has 126 valence electrons. The fourth-order valence-electron chi connectivity index (χ4n) is 2.90. The molecular weight excluding hydrogens is 331 g/mol. The molecule has 3 rings (SSSR count). The van der Waals surface area contributed by atoms with E-state index in [0.717, 1.165) is 31.6 Å². The summed E-state index contributed by atoms with van der Waals surface area (Å²) < 4.78 is 13.0. The van der Waals surface area contributed by atoms with Gasteiger partial charge in [0.2, 0.25) is 0 Å². The monoisotopic (exact) mass is 348 g/mol. The Kier molecular flexibility index (Phi) is 4.85. The van der Waals surface area contributed by atoms with E-state index in [1.807, 2.05) is 0 Å². The highest BCUT2D eigenvalue weighted by Gasteiger charge is 2.21. The summed E-state index contributed by atoms with van der Waals surface area (Å²) in [6.07, 6.45) is 3.16. The lowest BCUT2D eigenvalue weighted by molar-refractivity contribution is 0.100. The second kappa shape index (κ2) is 7.05. The molecule has 2 aromatic rings. The van der Waals surface area contributed by atoms with Crippen molar-refractivity contribution >= 4 is 28.9 Å². The van der Waals surface area contributed by atoms with Gasteiger partial charge in [0.05, 0.1) is 11.3 Å². The summed E-state index contributed by atoms with van der Waals surface area (Å²) >= 11 is 5.91. The van der Waals surface area contributed by atoms with Gasteiger partial charge in [-0.25, -0.2) is 9.37 Å². The first-order chi connectivity index (χ1) is 11.5. The van der Waals surface area contributed by atoms with Gasteiger partial charge >= 0.3 is 0 Å². The molecule has 0 unspecified atom stereocenters. The molecule has 1 aliphatic heterocycles. The number of rotatable bonds is 4. The molecule has 1 saturated heterocycles. The SMILES string of the molecule is NC(=O)c1cnc(Cl)cc1NC1CCN(c2ccc(F)cc2)CC1. The van der Waals surface area contributed by atoms with Crippen molar-refractivity contribution in [2.75, 3.05) is 23.3 Å². The standard InChI is InChI=1S/C17H18ClFN4O/c18-16-9-15(14(10-21-16)17(20)24)22-12-5-7-23(8-6-12)13-3-1-11(19)2-4-13/h1-4,9-10,12H,5-8H2,(H2,20,24)(H,21,22). The maximum Gasteiger partial charge on any atom is 0.252 e. The van der Waals surface area contributed by atoms with Gasteiger partial charge in [-0.2, -0.15) is 0 Å². The average Bonchev–Trinajstić information content (AvgIpc) is 2.56. The second-order valence-corrected chi connectivity index (χ2v) is 6.19. The van der Waals surface area contributed by atoms with Gasteiger partial charge in [0.1, 0.15) is 11.0 Å². The number of nitrogens with two attached hydrogens (primary N) is 1. The number of primary amides is 1. The van der Waals surface area contributed by atoms with Gasteiger partial charge in [-0.15, -0.1) is 0 Å². The van der Waals surface area contributed by atoms with Gasteiger partial charge in [-0.05, 0) is 43.2 Å². The summed E-state index contributed by atoms with van der Waals surface area (Å²) in [5.41, 5.74) is 7.34. The van der Waals surface area contributed by atoms with Crippen LogP contribution in [-0.4, -0.2) is 30.0 Å². The van der Waals surface area contributed by atoms with Crippen molar-refractivity contribution in [3.63, 3.8) is 0 Å². The molecular formula is C17H18ClFN4O. The van der Waals surface area contributed by atoms with Gasteiger partial charge in [-0.1, -0.05) is 11.6 Å². The van der Waals surface area contributed by atoms with E-state index >= 15 is 0 Å². The van der Waals surface area contributed by atoms with Crippen molar-refractivity contribution in [1.29, 1.82) is 0 Å². The van der Waals surface area contributed by atoms with E-state index in [1.54, 1.807) is 18.2 Å². The van der Waals surface area contributed by atoms with Gasteiger partial charge in [0.15, 0.2) is 0 Å². The van der Waals surface area contributed by atoms with Crippen LogP contribution in [0.5, 0.6) is 0 Å². The van der Waals surface area contributed by atoms with Gasteiger partial charge in [-0.3, -0.25) is 4.79 Å². The number of hydrogen-bond donors (Lipinski definition) is 2. The number of aromatic nitrogens is 1. The molecule has 1 fully saturated rings. The maximum atomic E-state index is 13.0. The Balaban J connectivity index is 1.64. The number of benzene rings is 1. The largest absolute Gasteiger partial charge is 0.381 e. The van der Waals surface area contributed by atoms with Crippen LogP contribution < -0.4 is 16.0 Å². The van der Waals surface area contributed by atoms with E-state index < -0.39 is 5.91 Å². The second-order valence-electron chi connectivity index (χ2n) is 5.80. The first kappa shape index (κ1) is 16.5. The lowest BCUT2D eigenvalue weighted by Gasteiger charge is -2.34. The number of amides is 1. The van der Waals surface area contributed by atoms with Crippen molar-refractivity contribution < 1.29 is 9.18 Å². The van der Waals surface area contributed by atoms with Crippen molar-refractivity contribution in [2.24, 2.45) is 5.73 Å². The minimum Gasteiger partial charge on any atom is -0.381 e. The molecule has 7 heteroatoms. The Morgan fingerprint density at radius 2 is 1.96 bits per heavy atom. The van der Waals surface area contributed by atoms with Crippen LogP contribution in [0.4, 0.5) is 15.8 Å². The Hall–Kier alpha value is -2.34. The summed E-state index contributed by atoms with van der Waals surface area (Å²) in [6, 6.07) is 8.34. The van der Waals surface area contributed by atoms with Crippen LogP contribution in [0.25, 0.3) is 0 Å². The number of halogens is 2. The minimum absolute atomic E-state index is 0.207. The number of nitrogens with zero attached hydrogens (tertiary/aromatic N) is 2. The summed E-state index contributed by atoms with van der Waals surface area (Å²) in [6.45, 7) is 1.68. The van der Waals surface area contributed by atoms with Gasteiger partial charge in [0.25, 0.3) is 5.91 Å². The molecule has 5 nitrogen and oxygen atoms in total. The lowest BCUT2D eigenvalue weighted by atomic mass is 10.0. The zero-order valence-electron chi connectivity index (χ0n) is 13.0. The van der Waals surface area contributed by atoms with Crippen molar-refractivity contribution in [2.45, 2.75) is 18.9 Å². The Bertz CT molecular complexity index is 730. The highest BCUT2D eigenvalue weighted by molar-refractivity contribution is 6.29. The first-order valence-electron chi connectivity index (χ1n) is 7.75. The third-order valence-electron chi connectivity index (χ3n) is 4.18. The third-order valence-corrected chi connectivity index (χ3v) is 4.39. The zero-order chi connectivity index (χ0) is 17.1. The third kappa shape index (κ3) is 3.76. The Morgan fingerprint density at radius 1 is 1.29 bits per heavy atom. The molecule has 0 radical (unpaired) electrons. The Labute approximate surface area is 144 Å². The van der Waals surface area contributed by atoms with Crippen LogP contribution >= 0.6 is 11.6 Å². The predicted molar refractivity (Wildman–Crippen MR) is 93.0 cm³/mol. The van der Waals surface area contributed by atoms with E-state index in [2.05, 4.69) is 15.2 Å². The van der Waals surface area contributed by atoms with Gasteiger partial charge in [0, 0.05) is 31.0 Å². The number of carbonyl (C=O) groups is 1. The molecule has 0 spiro atoms. The minimum atomic E-state index is -0.537. The molecule has 3 N–H and O–H groups in total. The van der Waals surface area contributed by atoms with E-state index in [9.17, 15) is 9.18 Å². The molecule has 0 saturated carbocycles. The molecule has 1 aliphatic rings.